The highest BCUT2D eigenvalue weighted by atomic mass is 35.5. The highest BCUT2D eigenvalue weighted by molar-refractivity contribution is 7.19. The molecule has 2 aromatic heterocycles. The number of aromatic nitrogens is 2. The van der Waals surface area contributed by atoms with Crippen LogP contribution in [-0.2, 0) is 13.0 Å². The summed E-state index contributed by atoms with van der Waals surface area (Å²) in [5, 5.41) is 6.42. The summed E-state index contributed by atoms with van der Waals surface area (Å²) < 4.78 is 0. The van der Waals surface area contributed by atoms with Gasteiger partial charge < -0.3 is 4.90 Å². The molecule has 0 unspecified atom stereocenters. The number of benzene rings is 1. The van der Waals surface area contributed by atoms with E-state index in [9.17, 15) is 0 Å². The fourth-order valence-corrected chi connectivity index (χ4v) is 4.47. The molecule has 0 bridgehead atoms. The summed E-state index contributed by atoms with van der Waals surface area (Å²) >= 11 is 13.7. The van der Waals surface area contributed by atoms with Crippen LogP contribution in [0, 0.1) is 0 Å². The molecular formula is C17H15Cl2N5S. The van der Waals surface area contributed by atoms with Crippen molar-refractivity contribution in [2.24, 2.45) is 5.10 Å². The second-order valence-corrected chi connectivity index (χ2v) is 7.84. The van der Waals surface area contributed by atoms with Crippen molar-refractivity contribution in [2.75, 3.05) is 19.0 Å². The second-order valence-electron chi connectivity index (χ2n) is 5.94. The number of hydrogen-bond donors (Lipinski definition) is 1. The summed E-state index contributed by atoms with van der Waals surface area (Å²) in [7, 11) is 2.14. The molecule has 0 radical (unpaired) electrons. The number of rotatable bonds is 3. The first-order valence-corrected chi connectivity index (χ1v) is 9.37. The molecular weight excluding hydrogens is 377 g/mol. The van der Waals surface area contributed by atoms with Crippen LogP contribution in [0.3, 0.4) is 0 Å². The molecule has 1 aliphatic rings. The highest BCUT2D eigenvalue weighted by Gasteiger charge is 2.21. The number of hydrogen-bond acceptors (Lipinski definition) is 6. The topological polar surface area (TPSA) is 53.4 Å². The van der Waals surface area contributed by atoms with Crippen LogP contribution in [0.5, 0.6) is 0 Å². The first-order chi connectivity index (χ1) is 12.1. The van der Waals surface area contributed by atoms with Gasteiger partial charge in [-0.3, -0.25) is 5.43 Å². The Balaban J connectivity index is 1.63. The first kappa shape index (κ1) is 16.7. The quantitative estimate of drug-likeness (QED) is 0.529. The Bertz CT molecular complexity index is 969. The minimum Gasteiger partial charge on any atom is -0.301 e. The zero-order chi connectivity index (χ0) is 17.4. The van der Waals surface area contributed by atoms with Gasteiger partial charge in [0.15, 0.2) is 5.82 Å². The van der Waals surface area contributed by atoms with Gasteiger partial charge in [0.1, 0.15) is 11.2 Å². The van der Waals surface area contributed by atoms with E-state index in [2.05, 4.69) is 32.4 Å². The number of nitrogens with zero attached hydrogens (tertiary/aromatic N) is 4. The minimum atomic E-state index is 0.506. The molecule has 0 amide bonds. The largest absolute Gasteiger partial charge is 0.301 e. The number of halogens is 2. The molecule has 1 aliphatic heterocycles. The predicted molar refractivity (Wildman–Crippen MR) is 105 cm³/mol. The normalized spacial score (nSPS) is 15.0. The predicted octanol–water partition coefficient (Wildman–Crippen LogP) is 4.43. The summed E-state index contributed by atoms with van der Waals surface area (Å²) in [5.74, 6) is 0.739. The fraction of sp³-hybridized carbons (Fsp3) is 0.235. The lowest BCUT2D eigenvalue weighted by Crippen LogP contribution is -2.25. The lowest BCUT2D eigenvalue weighted by atomic mass is 10.1. The van der Waals surface area contributed by atoms with E-state index in [1.807, 2.05) is 6.07 Å². The van der Waals surface area contributed by atoms with E-state index < -0.39 is 0 Å². The third kappa shape index (κ3) is 3.35. The Hall–Kier alpha value is -1.73. The number of nitrogens with one attached hydrogen (secondary N) is 1. The summed E-state index contributed by atoms with van der Waals surface area (Å²) in [5.41, 5.74) is 5.25. The van der Waals surface area contributed by atoms with E-state index in [4.69, 9.17) is 23.2 Å². The molecule has 25 heavy (non-hydrogen) atoms. The average molecular weight is 392 g/mol. The maximum atomic E-state index is 6.03. The molecule has 1 aromatic carbocycles. The summed E-state index contributed by atoms with van der Waals surface area (Å²) in [6.07, 6.45) is 4.28. The maximum absolute atomic E-state index is 6.03. The van der Waals surface area contributed by atoms with Gasteiger partial charge in [0.25, 0.3) is 0 Å². The summed E-state index contributed by atoms with van der Waals surface area (Å²) in [6.45, 7) is 2.00. The Kier molecular flexibility index (Phi) is 4.60. The van der Waals surface area contributed by atoms with Crippen molar-refractivity contribution >= 4 is 56.8 Å². The van der Waals surface area contributed by atoms with E-state index in [-0.39, 0.29) is 0 Å². The van der Waals surface area contributed by atoms with Crippen molar-refractivity contribution in [1.82, 2.24) is 14.9 Å². The van der Waals surface area contributed by atoms with Gasteiger partial charge in [-0.1, -0.05) is 29.3 Å². The summed E-state index contributed by atoms with van der Waals surface area (Å²) in [6, 6.07) is 5.38. The van der Waals surface area contributed by atoms with Crippen molar-refractivity contribution in [3.63, 3.8) is 0 Å². The minimum absolute atomic E-state index is 0.506. The van der Waals surface area contributed by atoms with Gasteiger partial charge in [0, 0.05) is 18.0 Å². The average Bonchev–Trinajstić information content (AvgIpc) is 2.96. The van der Waals surface area contributed by atoms with Gasteiger partial charge in [-0.25, -0.2) is 9.97 Å². The van der Waals surface area contributed by atoms with E-state index in [0.717, 1.165) is 41.1 Å². The zero-order valence-electron chi connectivity index (χ0n) is 13.5. The van der Waals surface area contributed by atoms with Crippen LogP contribution in [0.25, 0.3) is 10.2 Å². The van der Waals surface area contributed by atoms with Gasteiger partial charge in [-0.2, -0.15) is 5.10 Å². The second kappa shape index (κ2) is 6.88. The number of hydrazone groups is 1. The van der Waals surface area contributed by atoms with Crippen molar-refractivity contribution in [3.05, 3.63) is 50.6 Å². The molecule has 0 fully saturated rings. The molecule has 3 aromatic rings. The van der Waals surface area contributed by atoms with Crippen molar-refractivity contribution in [2.45, 2.75) is 13.0 Å². The highest BCUT2D eigenvalue weighted by Crippen LogP contribution is 2.36. The number of likely N-dealkylation sites (N-methyl/N-ethyl adjacent to an activating group) is 1. The molecule has 8 heteroatoms. The van der Waals surface area contributed by atoms with E-state index in [0.29, 0.717) is 10.0 Å². The molecule has 128 valence electrons. The standard InChI is InChI=1S/C17H15Cl2N5S/c1-24-5-4-11-14(8-24)25-17-15(11)16(20-9-21-17)23-22-7-10-2-3-12(18)13(19)6-10/h2-3,6-7,9H,4-5,8H2,1H3,(H,20,21,23)/b22-7+. The smallest absolute Gasteiger partial charge is 0.158 e. The molecule has 5 nitrogen and oxygen atoms in total. The monoisotopic (exact) mass is 391 g/mol. The van der Waals surface area contributed by atoms with E-state index >= 15 is 0 Å². The fourth-order valence-electron chi connectivity index (χ4n) is 2.90. The Morgan fingerprint density at radius 3 is 3.00 bits per heavy atom. The first-order valence-electron chi connectivity index (χ1n) is 7.80. The van der Waals surface area contributed by atoms with Crippen LogP contribution in [-0.4, -0.2) is 34.7 Å². The van der Waals surface area contributed by atoms with Gasteiger partial charge in [-0.05, 0) is 36.7 Å². The van der Waals surface area contributed by atoms with Crippen molar-refractivity contribution in [3.8, 4) is 0 Å². The molecule has 0 atom stereocenters. The molecule has 3 heterocycles. The Morgan fingerprint density at radius 2 is 2.16 bits per heavy atom. The van der Waals surface area contributed by atoms with E-state index in [1.54, 1.807) is 36.0 Å². The van der Waals surface area contributed by atoms with E-state index in [1.165, 1.54) is 10.4 Å². The van der Waals surface area contributed by atoms with Crippen LogP contribution < -0.4 is 5.43 Å². The van der Waals surface area contributed by atoms with Crippen LogP contribution in [0.4, 0.5) is 5.82 Å². The SMILES string of the molecule is CN1CCc2c(sc3ncnc(N/N=C/c4ccc(Cl)c(Cl)c4)c23)C1. The van der Waals surface area contributed by atoms with Crippen molar-refractivity contribution < 1.29 is 0 Å². The number of thiophene rings is 1. The van der Waals surface area contributed by atoms with Gasteiger partial charge >= 0.3 is 0 Å². The third-order valence-electron chi connectivity index (χ3n) is 4.16. The van der Waals surface area contributed by atoms with Gasteiger partial charge in [0.2, 0.25) is 0 Å². The number of anilines is 1. The van der Waals surface area contributed by atoms with Crippen molar-refractivity contribution in [1.29, 1.82) is 0 Å². The third-order valence-corrected chi connectivity index (χ3v) is 6.02. The van der Waals surface area contributed by atoms with Crippen LogP contribution in [0.2, 0.25) is 10.0 Å². The van der Waals surface area contributed by atoms with Gasteiger partial charge in [0.05, 0.1) is 21.6 Å². The zero-order valence-corrected chi connectivity index (χ0v) is 15.8. The summed E-state index contributed by atoms with van der Waals surface area (Å²) in [4.78, 5) is 13.5. The molecule has 0 spiro atoms. The van der Waals surface area contributed by atoms with Crippen LogP contribution >= 0.6 is 34.5 Å². The molecule has 4 rings (SSSR count). The lowest BCUT2D eigenvalue weighted by molar-refractivity contribution is 0.318. The van der Waals surface area contributed by atoms with Crippen LogP contribution in [0.15, 0.2) is 29.6 Å². The molecule has 0 saturated carbocycles. The lowest BCUT2D eigenvalue weighted by Gasteiger charge is -2.22. The van der Waals surface area contributed by atoms with Crippen LogP contribution in [0.1, 0.15) is 16.0 Å². The Labute approximate surface area is 159 Å². The molecule has 0 saturated heterocycles. The molecule has 0 aliphatic carbocycles. The maximum Gasteiger partial charge on any atom is 0.158 e. The number of fused-ring (bicyclic) bond motifs is 3. The molecule has 1 N–H and O–H groups in total. The Morgan fingerprint density at radius 1 is 1.28 bits per heavy atom. The van der Waals surface area contributed by atoms with Gasteiger partial charge in [-0.15, -0.1) is 11.3 Å².